The normalized spacial score (nSPS) is 23.0. The molecule has 122 valence electrons. The lowest BCUT2D eigenvalue weighted by Crippen LogP contribution is -2.39. The summed E-state index contributed by atoms with van der Waals surface area (Å²) in [5.41, 5.74) is 0. The van der Waals surface area contributed by atoms with Gasteiger partial charge in [-0.2, -0.15) is 0 Å². The van der Waals surface area contributed by atoms with E-state index < -0.39 is 0 Å². The molecule has 0 spiro atoms. The third-order valence-electron chi connectivity index (χ3n) is 4.66. The number of hydrogen-bond donors (Lipinski definition) is 2. The van der Waals surface area contributed by atoms with Crippen LogP contribution in [-0.2, 0) is 13.0 Å². The molecule has 1 aliphatic carbocycles. The number of rotatable bonds is 6. The molecule has 0 radical (unpaired) electrons. The van der Waals surface area contributed by atoms with Gasteiger partial charge in [-0.1, -0.05) is 6.92 Å². The minimum atomic E-state index is 0.771. The smallest absolute Gasteiger partial charge is 0.191 e. The molecule has 2 aliphatic rings. The quantitative estimate of drug-likeness (QED) is 0.625. The highest BCUT2D eigenvalue weighted by molar-refractivity contribution is 7.11. The molecule has 4 nitrogen and oxygen atoms in total. The third kappa shape index (κ3) is 4.23. The highest BCUT2D eigenvalue weighted by Crippen LogP contribution is 2.31. The Labute approximate surface area is 138 Å². The van der Waals surface area contributed by atoms with Crippen molar-refractivity contribution < 1.29 is 0 Å². The summed E-state index contributed by atoms with van der Waals surface area (Å²) in [6, 6.07) is 5.35. The van der Waals surface area contributed by atoms with Gasteiger partial charge in [-0.15, -0.1) is 11.3 Å². The summed E-state index contributed by atoms with van der Waals surface area (Å²) in [6.07, 6.45) is 5.29. The maximum Gasteiger partial charge on any atom is 0.191 e. The molecule has 0 amide bonds. The zero-order chi connectivity index (χ0) is 15.4. The monoisotopic (exact) mass is 320 g/mol. The molecule has 0 aromatic carbocycles. The van der Waals surface area contributed by atoms with Crippen molar-refractivity contribution in [3.8, 4) is 0 Å². The maximum absolute atomic E-state index is 4.34. The molecule has 2 fully saturated rings. The van der Waals surface area contributed by atoms with Crippen LogP contribution in [0.4, 0.5) is 0 Å². The number of hydrogen-bond acceptors (Lipinski definition) is 3. The molecular formula is C17H28N4S. The van der Waals surface area contributed by atoms with Crippen LogP contribution in [0.1, 0.15) is 35.9 Å². The fraction of sp³-hybridized carbons (Fsp3) is 0.706. The molecule has 5 heteroatoms. The summed E-state index contributed by atoms with van der Waals surface area (Å²) >= 11 is 1.89. The molecule has 2 heterocycles. The van der Waals surface area contributed by atoms with E-state index in [9.17, 15) is 0 Å². The predicted octanol–water partition coefficient (Wildman–Crippen LogP) is 2.46. The van der Waals surface area contributed by atoms with Crippen molar-refractivity contribution in [2.75, 3.05) is 26.7 Å². The first-order valence-electron chi connectivity index (χ1n) is 8.54. The highest BCUT2D eigenvalue weighted by atomic mass is 32.1. The second-order valence-electron chi connectivity index (χ2n) is 6.41. The van der Waals surface area contributed by atoms with Crippen molar-refractivity contribution in [1.82, 2.24) is 15.5 Å². The molecule has 1 saturated heterocycles. The number of nitrogens with zero attached hydrogens (tertiary/aromatic N) is 2. The Morgan fingerprint density at radius 2 is 2.09 bits per heavy atom. The van der Waals surface area contributed by atoms with Crippen LogP contribution in [-0.4, -0.2) is 43.6 Å². The van der Waals surface area contributed by atoms with Gasteiger partial charge in [-0.25, -0.2) is 0 Å². The molecular weight excluding hydrogens is 292 g/mol. The van der Waals surface area contributed by atoms with Crippen LogP contribution in [0.3, 0.4) is 0 Å². The van der Waals surface area contributed by atoms with E-state index in [-0.39, 0.29) is 0 Å². The number of nitrogens with one attached hydrogen (secondary N) is 2. The minimum absolute atomic E-state index is 0.771. The minimum Gasteiger partial charge on any atom is -0.356 e. The van der Waals surface area contributed by atoms with Gasteiger partial charge in [-0.05, 0) is 50.3 Å². The van der Waals surface area contributed by atoms with E-state index in [0.717, 1.165) is 37.4 Å². The second kappa shape index (κ2) is 7.47. The fourth-order valence-corrected chi connectivity index (χ4v) is 4.04. The maximum atomic E-state index is 4.34. The molecule has 1 aromatic rings. The topological polar surface area (TPSA) is 39.7 Å². The summed E-state index contributed by atoms with van der Waals surface area (Å²) in [5, 5.41) is 6.93. The van der Waals surface area contributed by atoms with Gasteiger partial charge in [0.1, 0.15) is 0 Å². The molecule has 22 heavy (non-hydrogen) atoms. The van der Waals surface area contributed by atoms with E-state index in [0.29, 0.717) is 0 Å². The molecule has 1 atom stereocenters. The van der Waals surface area contributed by atoms with E-state index in [2.05, 4.69) is 39.6 Å². The van der Waals surface area contributed by atoms with Crippen LogP contribution in [0.15, 0.2) is 17.1 Å². The van der Waals surface area contributed by atoms with Gasteiger partial charge >= 0.3 is 0 Å². The van der Waals surface area contributed by atoms with Crippen LogP contribution in [0.25, 0.3) is 0 Å². The van der Waals surface area contributed by atoms with Crippen molar-refractivity contribution in [2.45, 2.75) is 45.2 Å². The Hall–Kier alpha value is -1.07. The fourth-order valence-electron chi connectivity index (χ4n) is 3.14. The Morgan fingerprint density at radius 1 is 1.27 bits per heavy atom. The van der Waals surface area contributed by atoms with Gasteiger partial charge < -0.3 is 15.5 Å². The molecule has 1 unspecified atom stereocenters. The van der Waals surface area contributed by atoms with Crippen LogP contribution in [0.5, 0.6) is 0 Å². The molecule has 3 rings (SSSR count). The van der Waals surface area contributed by atoms with E-state index >= 15 is 0 Å². The lowest BCUT2D eigenvalue weighted by Gasteiger charge is -2.16. The number of guanidine groups is 1. The molecule has 0 bridgehead atoms. The summed E-state index contributed by atoms with van der Waals surface area (Å²) in [5.74, 6) is 1.70. The van der Waals surface area contributed by atoms with Crippen LogP contribution >= 0.6 is 11.3 Å². The van der Waals surface area contributed by atoms with Crippen molar-refractivity contribution in [1.29, 1.82) is 0 Å². The Kier molecular flexibility index (Phi) is 5.37. The third-order valence-corrected chi connectivity index (χ3v) is 5.89. The Balaban J connectivity index is 1.38. The van der Waals surface area contributed by atoms with Gasteiger partial charge in [0.05, 0.1) is 6.54 Å². The first kappa shape index (κ1) is 15.8. The van der Waals surface area contributed by atoms with Crippen LogP contribution in [0, 0.1) is 5.92 Å². The van der Waals surface area contributed by atoms with Crippen molar-refractivity contribution in [3.63, 3.8) is 0 Å². The summed E-state index contributed by atoms with van der Waals surface area (Å²) in [6.45, 7) is 6.66. The van der Waals surface area contributed by atoms with Crippen LogP contribution < -0.4 is 10.6 Å². The molecule has 1 saturated carbocycles. The zero-order valence-electron chi connectivity index (χ0n) is 13.8. The summed E-state index contributed by atoms with van der Waals surface area (Å²) in [7, 11) is 1.85. The molecule has 2 N–H and O–H groups in total. The lowest BCUT2D eigenvalue weighted by molar-refractivity contribution is 0.314. The standard InChI is InChI=1S/C17H28N4S/c1-3-15-6-7-16(22-15)11-20-17(18-2)19-10-13-8-9-21(12-13)14-4-5-14/h6-7,13-14H,3-5,8-12H2,1-2H3,(H2,18,19,20). The lowest BCUT2D eigenvalue weighted by atomic mass is 10.1. The Bertz CT molecular complexity index is 507. The highest BCUT2D eigenvalue weighted by Gasteiger charge is 2.34. The predicted molar refractivity (Wildman–Crippen MR) is 94.6 cm³/mol. The largest absolute Gasteiger partial charge is 0.356 e. The Morgan fingerprint density at radius 3 is 2.77 bits per heavy atom. The number of aliphatic imine (C=N–C) groups is 1. The number of thiophene rings is 1. The molecule has 1 aromatic heterocycles. The van der Waals surface area contributed by atoms with Gasteiger partial charge in [0.15, 0.2) is 5.96 Å². The van der Waals surface area contributed by atoms with E-state index in [4.69, 9.17) is 0 Å². The summed E-state index contributed by atoms with van der Waals surface area (Å²) in [4.78, 5) is 9.84. The number of likely N-dealkylation sites (tertiary alicyclic amines) is 1. The first-order chi connectivity index (χ1) is 10.8. The van der Waals surface area contributed by atoms with Crippen molar-refractivity contribution in [2.24, 2.45) is 10.9 Å². The van der Waals surface area contributed by atoms with E-state index in [1.807, 2.05) is 18.4 Å². The van der Waals surface area contributed by atoms with Gasteiger partial charge in [0.2, 0.25) is 0 Å². The van der Waals surface area contributed by atoms with Crippen LogP contribution in [0.2, 0.25) is 0 Å². The first-order valence-corrected chi connectivity index (χ1v) is 9.36. The average molecular weight is 321 g/mol. The SMILES string of the molecule is CCc1ccc(CNC(=NC)NCC2CCN(C3CC3)C2)s1. The average Bonchev–Trinajstić information content (AvgIpc) is 3.11. The second-order valence-corrected chi connectivity index (χ2v) is 7.66. The van der Waals surface area contributed by atoms with Gasteiger partial charge in [-0.3, -0.25) is 4.99 Å². The number of aryl methyl sites for hydroxylation is 1. The van der Waals surface area contributed by atoms with Gasteiger partial charge in [0, 0.05) is 35.9 Å². The van der Waals surface area contributed by atoms with Crippen molar-refractivity contribution >= 4 is 17.3 Å². The van der Waals surface area contributed by atoms with E-state index in [1.165, 1.54) is 42.1 Å². The zero-order valence-corrected chi connectivity index (χ0v) is 14.6. The summed E-state index contributed by atoms with van der Waals surface area (Å²) < 4.78 is 0. The molecule has 1 aliphatic heterocycles. The van der Waals surface area contributed by atoms with E-state index in [1.54, 1.807) is 0 Å². The van der Waals surface area contributed by atoms with Gasteiger partial charge in [0.25, 0.3) is 0 Å². The van der Waals surface area contributed by atoms with Crippen molar-refractivity contribution in [3.05, 3.63) is 21.9 Å².